The first-order valence-corrected chi connectivity index (χ1v) is 9.01. The van der Waals surface area contributed by atoms with Crippen molar-refractivity contribution in [2.24, 2.45) is 0 Å². The molecule has 0 aliphatic heterocycles. The fourth-order valence-electron chi connectivity index (χ4n) is 2.18. The Labute approximate surface area is 150 Å². The topological polar surface area (TPSA) is 145 Å². The fraction of sp³-hybridized carbons (Fsp3) is 0.400. The van der Waals surface area contributed by atoms with Crippen LogP contribution in [-0.4, -0.2) is 51.9 Å². The molecule has 0 saturated carbocycles. The van der Waals surface area contributed by atoms with Gasteiger partial charge < -0.3 is 20.3 Å². The van der Waals surface area contributed by atoms with E-state index in [0.29, 0.717) is 0 Å². The Balaban J connectivity index is 2.01. The number of hydrogen-bond acceptors (Lipinski definition) is 8. The van der Waals surface area contributed by atoms with Gasteiger partial charge in [0, 0.05) is 6.92 Å². The summed E-state index contributed by atoms with van der Waals surface area (Å²) in [7, 11) is -4.10. The minimum atomic E-state index is -4.10. The summed E-state index contributed by atoms with van der Waals surface area (Å²) in [6, 6.07) is 5.93. The van der Waals surface area contributed by atoms with Crippen LogP contribution in [0.25, 0.3) is 0 Å². The van der Waals surface area contributed by atoms with Gasteiger partial charge in [0.2, 0.25) is 0 Å². The van der Waals surface area contributed by atoms with Crippen molar-refractivity contribution >= 4 is 15.9 Å². The minimum Gasteiger partial charge on any atom is -0.388 e. The van der Waals surface area contributed by atoms with Gasteiger partial charge in [0.05, 0.1) is 11.5 Å². The third-order valence-electron chi connectivity index (χ3n) is 3.74. The molecule has 0 fully saturated rings. The molecule has 1 aromatic carbocycles. The summed E-state index contributed by atoms with van der Waals surface area (Å²) in [5.74, 6) is -0.0712. The number of rotatable bonds is 8. The number of nitrogens with zero attached hydrogens (tertiary/aromatic N) is 3. The normalized spacial score (nSPS) is 14.2. The van der Waals surface area contributed by atoms with Crippen molar-refractivity contribution in [1.82, 2.24) is 9.55 Å². The van der Waals surface area contributed by atoms with Gasteiger partial charge in [-0.3, -0.25) is 4.18 Å². The Morgan fingerprint density at radius 2 is 1.85 bits per heavy atom. The molecule has 142 valence electrons. The van der Waals surface area contributed by atoms with Crippen LogP contribution < -0.4 is 0 Å². The molecule has 2 aromatic rings. The number of aryl methyl sites for hydroxylation is 2. The van der Waals surface area contributed by atoms with Crippen molar-refractivity contribution in [3.05, 3.63) is 52.0 Å². The second-order valence-electron chi connectivity index (χ2n) is 5.72. The van der Waals surface area contributed by atoms with Crippen LogP contribution in [0.3, 0.4) is 0 Å². The lowest BCUT2D eigenvalue weighted by atomic mass is 10.2. The summed E-state index contributed by atoms with van der Waals surface area (Å²) >= 11 is 0. The van der Waals surface area contributed by atoms with E-state index in [1.165, 1.54) is 19.1 Å². The van der Waals surface area contributed by atoms with Crippen LogP contribution in [0.15, 0.2) is 35.4 Å². The molecule has 10 nitrogen and oxygen atoms in total. The highest BCUT2D eigenvalue weighted by molar-refractivity contribution is 7.86. The smallest absolute Gasteiger partial charge is 0.342 e. The maximum atomic E-state index is 12.1. The lowest BCUT2D eigenvalue weighted by Gasteiger charge is -2.17. The van der Waals surface area contributed by atoms with E-state index < -0.39 is 33.9 Å². The summed E-state index contributed by atoms with van der Waals surface area (Å²) < 4.78 is 30.0. The van der Waals surface area contributed by atoms with Gasteiger partial charge in [-0.2, -0.15) is 8.42 Å². The summed E-state index contributed by atoms with van der Waals surface area (Å²) in [5.41, 5.74) is 0.872. The Morgan fingerprint density at radius 1 is 1.23 bits per heavy atom. The van der Waals surface area contributed by atoms with Gasteiger partial charge in [0.25, 0.3) is 10.1 Å². The number of aliphatic hydroxyl groups excluding tert-OH is 2. The van der Waals surface area contributed by atoms with E-state index in [1.54, 1.807) is 19.1 Å². The first kappa shape index (κ1) is 20.0. The zero-order chi connectivity index (χ0) is 19.5. The molecule has 11 heteroatoms. The predicted octanol–water partition coefficient (Wildman–Crippen LogP) is 0.535. The van der Waals surface area contributed by atoms with Gasteiger partial charge in [0.1, 0.15) is 24.9 Å². The van der Waals surface area contributed by atoms with E-state index in [0.717, 1.165) is 16.3 Å². The highest BCUT2D eigenvalue weighted by Crippen LogP contribution is 2.17. The molecule has 0 saturated heterocycles. The first-order valence-electron chi connectivity index (χ1n) is 7.60. The van der Waals surface area contributed by atoms with Crippen molar-refractivity contribution in [2.45, 2.75) is 37.5 Å². The van der Waals surface area contributed by atoms with Crippen LogP contribution in [0, 0.1) is 24.0 Å². The molecule has 0 bridgehead atoms. The average Bonchev–Trinajstić information content (AvgIpc) is 2.94. The van der Waals surface area contributed by atoms with E-state index in [-0.39, 0.29) is 23.1 Å². The van der Waals surface area contributed by atoms with Gasteiger partial charge >= 0.3 is 5.82 Å². The Hall–Kier alpha value is -2.34. The van der Waals surface area contributed by atoms with Crippen molar-refractivity contribution in [1.29, 1.82) is 0 Å². The summed E-state index contributed by atoms with van der Waals surface area (Å²) in [6.45, 7) is 2.27. The van der Waals surface area contributed by atoms with Crippen LogP contribution >= 0.6 is 0 Å². The van der Waals surface area contributed by atoms with Crippen molar-refractivity contribution in [3.63, 3.8) is 0 Å². The largest absolute Gasteiger partial charge is 0.388 e. The number of nitro groups is 1. The van der Waals surface area contributed by atoms with Crippen molar-refractivity contribution in [2.75, 3.05) is 6.61 Å². The molecule has 1 heterocycles. The highest BCUT2D eigenvalue weighted by atomic mass is 32.2. The molecule has 0 aliphatic rings. The molecular formula is C15H19N3O7S. The molecule has 0 amide bonds. The van der Waals surface area contributed by atoms with E-state index in [1.807, 2.05) is 0 Å². The van der Waals surface area contributed by atoms with Gasteiger partial charge in [-0.25, -0.2) is 9.55 Å². The van der Waals surface area contributed by atoms with Crippen LogP contribution in [0.4, 0.5) is 5.82 Å². The zero-order valence-electron chi connectivity index (χ0n) is 14.1. The molecule has 0 aliphatic carbocycles. The number of aromatic nitrogens is 2. The van der Waals surface area contributed by atoms with E-state index in [4.69, 9.17) is 4.18 Å². The molecule has 2 rings (SSSR count). The minimum absolute atomic E-state index is 0.0779. The van der Waals surface area contributed by atoms with Crippen LogP contribution in [0.1, 0.15) is 11.4 Å². The highest BCUT2D eigenvalue weighted by Gasteiger charge is 2.27. The van der Waals surface area contributed by atoms with Crippen LogP contribution in [-0.2, 0) is 20.8 Å². The average molecular weight is 385 g/mol. The monoisotopic (exact) mass is 385 g/mol. The molecule has 0 spiro atoms. The molecular weight excluding hydrogens is 366 g/mol. The number of hydrogen-bond donors (Lipinski definition) is 2. The van der Waals surface area contributed by atoms with Gasteiger partial charge in [0.15, 0.2) is 5.82 Å². The standard InChI is InChI=1S/C15H19N3O7S/c1-10-3-5-12(6-4-10)26(23,24)25-9-14(20)13(19)8-17-11(2)16-7-15(17)18(21)22/h3-7,13-14,19-20H,8-9H2,1-2H3. The molecule has 26 heavy (non-hydrogen) atoms. The van der Waals surface area contributed by atoms with E-state index in [2.05, 4.69) is 4.98 Å². The van der Waals surface area contributed by atoms with E-state index >= 15 is 0 Å². The van der Waals surface area contributed by atoms with Crippen molar-refractivity contribution in [3.8, 4) is 0 Å². The van der Waals surface area contributed by atoms with Gasteiger partial charge in [-0.1, -0.05) is 17.7 Å². The quantitative estimate of drug-likeness (QED) is 0.380. The Kier molecular flexibility index (Phi) is 6.08. The first-order chi connectivity index (χ1) is 12.1. The van der Waals surface area contributed by atoms with Crippen molar-refractivity contribution < 1.29 is 27.7 Å². The zero-order valence-corrected chi connectivity index (χ0v) is 15.0. The second-order valence-corrected chi connectivity index (χ2v) is 7.33. The molecule has 0 radical (unpaired) electrons. The lowest BCUT2D eigenvalue weighted by Crippen LogP contribution is -2.35. The van der Waals surface area contributed by atoms with Gasteiger partial charge in [-0.15, -0.1) is 0 Å². The Morgan fingerprint density at radius 3 is 2.42 bits per heavy atom. The van der Waals surface area contributed by atoms with Crippen LogP contribution in [0.2, 0.25) is 0 Å². The molecule has 2 unspecified atom stereocenters. The summed E-state index contributed by atoms with van der Waals surface area (Å²) in [6.07, 6.45) is -2.03. The number of imidazole rings is 1. The molecule has 2 N–H and O–H groups in total. The predicted molar refractivity (Wildman–Crippen MR) is 89.9 cm³/mol. The third-order valence-corrected chi connectivity index (χ3v) is 5.03. The molecule has 2 atom stereocenters. The SMILES string of the molecule is Cc1ccc(S(=O)(=O)OCC(O)C(O)Cn2c([N+](=O)[O-])cnc2C)cc1. The number of benzene rings is 1. The fourth-order valence-corrected chi connectivity index (χ4v) is 3.10. The maximum absolute atomic E-state index is 12.1. The lowest BCUT2D eigenvalue weighted by molar-refractivity contribution is -0.392. The summed E-state index contributed by atoms with van der Waals surface area (Å²) in [5, 5.41) is 30.9. The Bertz CT molecular complexity index is 877. The third kappa shape index (κ3) is 4.64. The van der Waals surface area contributed by atoms with Crippen LogP contribution in [0.5, 0.6) is 0 Å². The second kappa shape index (κ2) is 7.91. The number of aliphatic hydroxyl groups is 2. The maximum Gasteiger partial charge on any atom is 0.342 e. The van der Waals surface area contributed by atoms with E-state index in [9.17, 15) is 28.7 Å². The van der Waals surface area contributed by atoms with Gasteiger partial charge in [-0.05, 0) is 24.0 Å². The molecule has 1 aromatic heterocycles. The summed E-state index contributed by atoms with van der Waals surface area (Å²) in [4.78, 5) is 14.0.